The van der Waals surface area contributed by atoms with Gasteiger partial charge in [0.1, 0.15) is 13.1 Å². The van der Waals surface area contributed by atoms with Crippen molar-refractivity contribution in [2.45, 2.75) is 45.1 Å². The zero-order valence-corrected chi connectivity index (χ0v) is 8.62. The maximum Gasteiger partial charge on any atom is 0.146 e. The van der Waals surface area contributed by atoms with Gasteiger partial charge >= 0.3 is 0 Å². The van der Waals surface area contributed by atoms with E-state index in [-0.39, 0.29) is 12.9 Å². The van der Waals surface area contributed by atoms with E-state index < -0.39 is 0 Å². The highest BCUT2D eigenvalue weighted by Crippen LogP contribution is 2.09. The molecule has 0 aliphatic heterocycles. The van der Waals surface area contributed by atoms with Gasteiger partial charge in [0, 0.05) is 13.5 Å². The molecule has 0 aromatic carbocycles. The second kappa shape index (κ2) is 9.68. The zero-order valence-electron chi connectivity index (χ0n) is 8.62. The van der Waals surface area contributed by atoms with Gasteiger partial charge in [-0.2, -0.15) is 0 Å². The number of hydrogen-bond donors (Lipinski definition) is 0. The van der Waals surface area contributed by atoms with Crippen molar-refractivity contribution in [1.82, 2.24) is 0 Å². The molecule has 0 heterocycles. The highest BCUT2D eigenvalue weighted by Gasteiger charge is 2.07. The normalized spacial score (nSPS) is 12.8. The molecular weight excluding hydrogens is 168 g/mol. The molecule has 0 aromatic rings. The van der Waals surface area contributed by atoms with E-state index in [4.69, 9.17) is 9.47 Å². The van der Waals surface area contributed by atoms with Crippen molar-refractivity contribution in [2.24, 2.45) is 0 Å². The van der Waals surface area contributed by atoms with Crippen LogP contribution >= 0.6 is 0 Å². The van der Waals surface area contributed by atoms with Gasteiger partial charge < -0.3 is 14.3 Å². The lowest BCUT2D eigenvalue weighted by Crippen LogP contribution is -2.15. The first-order valence-corrected chi connectivity index (χ1v) is 4.89. The predicted octanol–water partition coefficient (Wildman–Crippen LogP) is 2.14. The molecule has 78 valence electrons. The smallest absolute Gasteiger partial charge is 0.146 e. The van der Waals surface area contributed by atoms with Gasteiger partial charge in [0.15, 0.2) is 0 Å². The summed E-state index contributed by atoms with van der Waals surface area (Å²) in [7, 11) is 1.59. The number of methoxy groups -OCH3 is 1. The van der Waals surface area contributed by atoms with Gasteiger partial charge in [-0.15, -0.1) is 0 Å². The predicted molar refractivity (Wildman–Crippen MR) is 51.6 cm³/mol. The van der Waals surface area contributed by atoms with E-state index in [2.05, 4.69) is 6.92 Å². The van der Waals surface area contributed by atoms with Crippen LogP contribution in [0.4, 0.5) is 0 Å². The van der Waals surface area contributed by atoms with Gasteiger partial charge in [-0.1, -0.05) is 26.2 Å². The molecule has 0 aliphatic carbocycles. The van der Waals surface area contributed by atoms with E-state index in [0.717, 1.165) is 19.1 Å². The van der Waals surface area contributed by atoms with E-state index in [1.54, 1.807) is 7.11 Å². The molecule has 0 saturated carbocycles. The minimum Gasteiger partial charge on any atom is -0.359 e. The summed E-state index contributed by atoms with van der Waals surface area (Å²) >= 11 is 0. The van der Waals surface area contributed by atoms with Crippen LogP contribution in [0.15, 0.2) is 0 Å². The number of ether oxygens (including phenoxy) is 2. The molecule has 3 heteroatoms. The lowest BCUT2D eigenvalue weighted by atomic mass is 10.1. The fraction of sp³-hybridized carbons (Fsp3) is 0.900. The maximum atomic E-state index is 10.3. The topological polar surface area (TPSA) is 35.5 Å². The number of hydrogen-bond acceptors (Lipinski definition) is 3. The molecule has 0 fully saturated rings. The Morgan fingerprint density at radius 3 is 2.69 bits per heavy atom. The molecular formula is C10H20O3. The quantitative estimate of drug-likeness (QED) is 0.316. The van der Waals surface area contributed by atoms with Crippen LogP contribution in [0.1, 0.15) is 39.0 Å². The number of aldehydes is 1. The van der Waals surface area contributed by atoms with Crippen molar-refractivity contribution in [3.05, 3.63) is 0 Å². The molecule has 13 heavy (non-hydrogen) atoms. The van der Waals surface area contributed by atoms with Crippen molar-refractivity contribution in [1.29, 1.82) is 0 Å². The van der Waals surface area contributed by atoms with Crippen molar-refractivity contribution in [3.8, 4) is 0 Å². The van der Waals surface area contributed by atoms with Crippen LogP contribution in [-0.4, -0.2) is 26.3 Å². The molecule has 3 nitrogen and oxygen atoms in total. The maximum absolute atomic E-state index is 10.3. The van der Waals surface area contributed by atoms with Crippen LogP contribution in [-0.2, 0) is 14.3 Å². The zero-order chi connectivity index (χ0) is 9.94. The summed E-state index contributed by atoms with van der Waals surface area (Å²) in [4.78, 5) is 10.3. The second-order valence-electron chi connectivity index (χ2n) is 3.09. The van der Waals surface area contributed by atoms with E-state index in [1.165, 1.54) is 12.8 Å². The number of carbonyl (C=O) groups excluding carboxylic acids is 1. The molecule has 0 amide bonds. The molecule has 1 atom stereocenters. The first-order valence-electron chi connectivity index (χ1n) is 4.89. The van der Waals surface area contributed by atoms with Gasteiger partial charge in [0.2, 0.25) is 0 Å². The van der Waals surface area contributed by atoms with E-state index in [9.17, 15) is 4.79 Å². The monoisotopic (exact) mass is 188 g/mol. The third-order valence-corrected chi connectivity index (χ3v) is 1.91. The SMILES string of the molecule is CCCCCC(CC=O)OCOC. The van der Waals surface area contributed by atoms with Crippen molar-refractivity contribution < 1.29 is 14.3 Å². The van der Waals surface area contributed by atoms with Crippen molar-refractivity contribution in [3.63, 3.8) is 0 Å². The average Bonchev–Trinajstić information content (AvgIpc) is 2.14. The van der Waals surface area contributed by atoms with Crippen molar-refractivity contribution >= 4 is 6.29 Å². The Balaban J connectivity index is 3.47. The van der Waals surface area contributed by atoms with Gasteiger partial charge in [0.25, 0.3) is 0 Å². The van der Waals surface area contributed by atoms with E-state index in [0.29, 0.717) is 6.42 Å². The summed E-state index contributed by atoms with van der Waals surface area (Å²) in [6.45, 7) is 2.44. The number of carbonyl (C=O) groups is 1. The lowest BCUT2D eigenvalue weighted by molar-refractivity contribution is -0.115. The summed E-state index contributed by atoms with van der Waals surface area (Å²) in [5.74, 6) is 0. The van der Waals surface area contributed by atoms with E-state index >= 15 is 0 Å². The molecule has 0 rings (SSSR count). The summed E-state index contributed by atoms with van der Waals surface area (Å²) < 4.78 is 10.1. The summed E-state index contributed by atoms with van der Waals surface area (Å²) in [6.07, 6.45) is 5.90. The fourth-order valence-electron chi connectivity index (χ4n) is 1.16. The Morgan fingerprint density at radius 2 is 2.15 bits per heavy atom. The Morgan fingerprint density at radius 1 is 1.38 bits per heavy atom. The Labute approximate surface area is 80.4 Å². The van der Waals surface area contributed by atoms with Crippen LogP contribution in [0, 0.1) is 0 Å². The molecule has 0 spiro atoms. The minimum atomic E-state index is 0.0454. The molecule has 1 unspecified atom stereocenters. The number of unbranched alkanes of at least 4 members (excludes halogenated alkanes) is 2. The Bertz CT molecular complexity index is 115. The second-order valence-corrected chi connectivity index (χ2v) is 3.09. The van der Waals surface area contributed by atoms with Crippen molar-refractivity contribution in [2.75, 3.05) is 13.9 Å². The first kappa shape index (κ1) is 12.6. The minimum absolute atomic E-state index is 0.0454. The first-order chi connectivity index (χ1) is 6.35. The highest BCUT2D eigenvalue weighted by molar-refractivity contribution is 5.50. The summed E-state index contributed by atoms with van der Waals surface area (Å²) in [6, 6.07) is 0. The third kappa shape index (κ3) is 7.94. The van der Waals surface area contributed by atoms with Gasteiger partial charge in [0.05, 0.1) is 6.10 Å². The fourth-order valence-corrected chi connectivity index (χ4v) is 1.16. The molecule has 0 aliphatic rings. The van der Waals surface area contributed by atoms with E-state index in [1.807, 2.05) is 0 Å². The molecule has 0 radical (unpaired) electrons. The largest absolute Gasteiger partial charge is 0.359 e. The van der Waals surface area contributed by atoms with Crippen LogP contribution in [0.5, 0.6) is 0 Å². The standard InChI is InChI=1S/C10H20O3/c1-3-4-5-6-10(7-8-11)13-9-12-2/h8,10H,3-7,9H2,1-2H3. The Kier molecular flexibility index (Phi) is 9.37. The van der Waals surface area contributed by atoms with Crippen LogP contribution in [0.3, 0.4) is 0 Å². The van der Waals surface area contributed by atoms with Crippen LogP contribution in [0.2, 0.25) is 0 Å². The molecule has 0 N–H and O–H groups in total. The number of rotatable bonds is 9. The van der Waals surface area contributed by atoms with Gasteiger partial charge in [-0.05, 0) is 6.42 Å². The summed E-state index contributed by atoms with van der Waals surface area (Å²) in [5, 5.41) is 0. The van der Waals surface area contributed by atoms with Gasteiger partial charge in [-0.25, -0.2) is 0 Å². The molecule has 0 saturated heterocycles. The lowest BCUT2D eigenvalue weighted by Gasteiger charge is -2.14. The molecule has 0 aromatic heterocycles. The third-order valence-electron chi connectivity index (χ3n) is 1.91. The highest BCUT2D eigenvalue weighted by atomic mass is 16.7. The summed E-state index contributed by atoms with van der Waals surface area (Å²) in [5.41, 5.74) is 0. The van der Waals surface area contributed by atoms with Crippen LogP contribution in [0.25, 0.3) is 0 Å². The molecule has 0 bridgehead atoms. The Hall–Kier alpha value is -0.410. The van der Waals surface area contributed by atoms with Crippen LogP contribution < -0.4 is 0 Å². The van der Waals surface area contributed by atoms with Gasteiger partial charge in [-0.3, -0.25) is 0 Å². The average molecular weight is 188 g/mol.